The number of para-hydroxylation sites is 1. The fraction of sp³-hybridized carbons (Fsp3) is 0.263. The number of nitrogens with one attached hydrogen (secondary N) is 1. The van der Waals surface area contributed by atoms with Gasteiger partial charge in [-0.1, -0.05) is 12.1 Å². The number of carbonyl (C=O) groups excluding carboxylic acids is 1. The number of aromatic nitrogens is 3. The molecule has 0 saturated heterocycles. The van der Waals surface area contributed by atoms with E-state index in [1.165, 1.54) is 0 Å². The van der Waals surface area contributed by atoms with Crippen molar-refractivity contribution in [1.29, 1.82) is 0 Å². The minimum absolute atomic E-state index is 0.0271. The second-order valence-electron chi connectivity index (χ2n) is 6.12. The minimum Gasteiger partial charge on any atom is -0.352 e. The normalized spacial score (nSPS) is 12.1. The maximum atomic E-state index is 12.4. The van der Waals surface area contributed by atoms with Crippen molar-refractivity contribution < 1.29 is 4.79 Å². The number of nitrogens with zero attached hydrogens (tertiary/aromatic N) is 3. The van der Waals surface area contributed by atoms with Crippen LogP contribution in [0.25, 0.3) is 10.9 Å². The summed E-state index contributed by atoms with van der Waals surface area (Å²) in [6, 6.07) is 8.84. The summed E-state index contributed by atoms with van der Waals surface area (Å²) in [4.78, 5) is 32.8. The van der Waals surface area contributed by atoms with Crippen molar-refractivity contribution in [3.05, 3.63) is 70.5 Å². The van der Waals surface area contributed by atoms with E-state index in [-0.39, 0.29) is 23.9 Å². The second kappa shape index (κ2) is 7.25. The van der Waals surface area contributed by atoms with Gasteiger partial charge >= 0.3 is 0 Å². The largest absolute Gasteiger partial charge is 0.352 e. The summed E-state index contributed by atoms with van der Waals surface area (Å²) in [7, 11) is 0. The summed E-state index contributed by atoms with van der Waals surface area (Å²) in [5, 5.41) is 3.60. The molecule has 0 radical (unpaired) electrons. The Kier molecular flexibility index (Phi) is 4.88. The van der Waals surface area contributed by atoms with E-state index in [4.69, 9.17) is 0 Å². The molecule has 1 amide bonds. The second-order valence-corrected chi connectivity index (χ2v) is 6.12. The molecule has 6 heteroatoms. The van der Waals surface area contributed by atoms with Crippen LogP contribution >= 0.6 is 0 Å². The van der Waals surface area contributed by atoms with Crippen molar-refractivity contribution in [2.45, 2.75) is 32.9 Å². The highest BCUT2D eigenvalue weighted by Crippen LogP contribution is 2.12. The molecule has 128 valence electrons. The first-order chi connectivity index (χ1) is 12.0. The Labute approximate surface area is 145 Å². The molecule has 3 rings (SSSR count). The summed E-state index contributed by atoms with van der Waals surface area (Å²) < 4.78 is 1.86. The molecule has 2 aromatic heterocycles. The molecule has 0 aliphatic carbocycles. The predicted molar refractivity (Wildman–Crippen MR) is 96.3 cm³/mol. The number of pyridine rings is 1. The van der Waals surface area contributed by atoms with Gasteiger partial charge in [0.15, 0.2) is 5.43 Å². The maximum absolute atomic E-state index is 12.4. The lowest BCUT2D eigenvalue weighted by Gasteiger charge is -2.17. The van der Waals surface area contributed by atoms with Gasteiger partial charge in [0.05, 0.1) is 11.2 Å². The van der Waals surface area contributed by atoms with Crippen molar-refractivity contribution in [1.82, 2.24) is 19.9 Å². The van der Waals surface area contributed by atoms with Crippen molar-refractivity contribution in [2.24, 2.45) is 0 Å². The Morgan fingerprint density at radius 1 is 1.28 bits per heavy atom. The molecule has 0 aliphatic heterocycles. The Hall–Kier alpha value is -3.02. The van der Waals surface area contributed by atoms with Gasteiger partial charge in [-0.15, -0.1) is 0 Å². The van der Waals surface area contributed by atoms with Gasteiger partial charge in [-0.25, -0.2) is 0 Å². The first-order valence-electron chi connectivity index (χ1n) is 8.18. The number of hydrogen-bond acceptors (Lipinski definition) is 4. The quantitative estimate of drug-likeness (QED) is 0.771. The van der Waals surface area contributed by atoms with E-state index in [1.54, 1.807) is 30.7 Å². The van der Waals surface area contributed by atoms with Crippen LogP contribution in [0.3, 0.4) is 0 Å². The van der Waals surface area contributed by atoms with Crippen LogP contribution in [0.4, 0.5) is 0 Å². The fourth-order valence-electron chi connectivity index (χ4n) is 2.93. The van der Waals surface area contributed by atoms with Gasteiger partial charge in [-0.2, -0.15) is 0 Å². The van der Waals surface area contributed by atoms with E-state index in [0.717, 1.165) is 16.9 Å². The van der Waals surface area contributed by atoms with E-state index in [1.807, 2.05) is 36.6 Å². The molecule has 6 nitrogen and oxygen atoms in total. The van der Waals surface area contributed by atoms with Gasteiger partial charge in [-0.05, 0) is 26.0 Å². The summed E-state index contributed by atoms with van der Waals surface area (Å²) in [6.45, 7) is 3.94. The molecule has 1 aromatic carbocycles. The molecule has 0 bridgehead atoms. The Balaban J connectivity index is 1.75. The van der Waals surface area contributed by atoms with Crippen LogP contribution in [-0.2, 0) is 17.8 Å². The van der Waals surface area contributed by atoms with E-state index in [2.05, 4.69) is 15.3 Å². The SMILES string of the molecule is Cc1cc(=O)c2ccccc2n1CC(=O)NC(C)Cc1cnccn1. The van der Waals surface area contributed by atoms with Gasteiger partial charge in [0.2, 0.25) is 5.91 Å². The molecular weight excluding hydrogens is 316 g/mol. The summed E-state index contributed by atoms with van der Waals surface area (Å²) in [5.74, 6) is -0.103. The third-order valence-electron chi connectivity index (χ3n) is 4.07. The van der Waals surface area contributed by atoms with Crippen molar-refractivity contribution in [3.8, 4) is 0 Å². The lowest BCUT2D eigenvalue weighted by Crippen LogP contribution is -2.37. The van der Waals surface area contributed by atoms with Crippen LogP contribution < -0.4 is 10.7 Å². The average Bonchev–Trinajstić information content (AvgIpc) is 2.59. The lowest BCUT2D eigenvalue weighted by atomic mass is 10.1. The van der Waals surface area contributed by atoms with Crippen LogP contribution in [0.1, 0.15) is 18.3 Å². The third kappa shape index (κ3) is 3.91. The van der Waals surface area contributed by atoms with Gasteiger partial charge < -0.3 is 9.88 Å². The minimum atomic E-state index is -0.103. The van der Waals surface area contributed by atoms with E-state index < -0.39 is 0 Å². The standard InChI is InChI=1S/C19H20N4O2/c1-13(9-15-11-20-7-8-21-15)22-19(25)12-23-14(2)10-18(24)16-5-3-4-6-17(16)23/h3-8,10-11,13H,9,12H2,1-2H3,(H,22,25). The highest BCUT2D eigenvalue weighted by molar-refractivity contribution is 5.82. The molecule has 2 heterocycles. The zero-order valence-corrected chi connectivity index (χ0v) is 14.3. The highest BCUT2D eigenvalue weighted by atomic mass is 16.2. The first kappa shape index (κ1) is 16.8. The maximum Gasteiger partial charge on any atom is 0.240 e. The average molecular weight is 336 g/mol. The number of fused-ring (bicyclic) bond motifs is 1. The summed E-state index contributed by atoms with van der Waals surface area (Å²) >= 11 is 0. The van der Waals surface area contributed by atoms with Gasteiger partial charge in [0.1, 0.15) is 6.54 Å². The number of hydrogen-bond donors (Lipinski definition) is 1. The molecular formula is C19H20N4O2. The summed E-state index contributed by atoms with van der Waals surface area (Å²) in [6.07, 6.45) is 5.57. The van der Waals surface area contributed by atoms with Crippen LogP contribution in [0.15, 0.2) is 53.7 Å². The van der Waals surface area contributed by atoms with E-state index >= 15 is 0 Å². The number of aryl methyl sites for hydroxylation is 1. The Bertz CT molecular complexity index is 951. The van der Waals surface area contributed by atoms with Crippen molar-refractivity contribution >= 4 is 16.8 Å². The van der Waals surface area contributed by atoms with Crippen molar-refractivity contribution in [2.75, 3.05) is 0 Å². The zero-order valence-electron chi connectivity index (χ0n) is 14.3. The molecule has 1 N–H and O–H groups in total. The molecule has 1 atom stereocenters. The van der Waals surface area contributed by atoms with Crippen LogP contribution in [0, 0.1) is 6.92 Å². The third-order valence-corrected chi connectivity index (χ3v) is 4.07. The number of amides is 1. The molecule has 3 aromatic rings. The fourth-order valence-corrected chi connectivity index (χ4v) is 2.93. The molecule has 1 unspecified atom stereocenters. The first-order valence-corrected chi connectivity index (χ1v) is 8.18. The zero-order chi connectivity index (χ0) is 17.8. The smallest absolute Gasteiger partial charge is 0.240 e. The van der Waals surface area contributed by atoms with Crippen molar-refractivity contribution in [3.63, 3.8) is 0 Å². The monoisotopic (exact) mass is 336 g/mol. The molecule has 25 heavy (non-hydrogen) atoms. The Morgan fingerprint density at radius 2 is 2.08 bits per heavy atom. The van der Waals surface area contributed by atoms with Gasteiger partial charge in [0, 0.05) is 48.2 Å². The van der Waals surface area contributed by atoms with Crippen LogP contribution in [0.2, 0.25) is 0 Å². The van der Waals surface area contributed by atoms with Gasteiger partial charge in [-0.3, -0.25) is 19.6 Å². The lowest BCUT2D eigenvalue weighted by molar-refractivity contribution is -0.122. The predicted octanol–water partition coefficient (Wildman–Crippen LogP) is 1.85. The molecule has 0 saturated carbocycles. The van der Waals surface area contributed by atoms with Gasteiger partial charge in [0.25, 0.3) is 0 Å². The van der Waals surface area contributed by atoms with Crippen LogP contribution in [0.5, 0.6) is 0 Å². The highest BCUT2D eigenvalue weighted by Gasteiger charge is 2.12. The Morgan fingerprint density at radius 3 is 2.84 bits per heavy atom. The number of benzene rings is 1. The topological polar surface area (TPSA) is 76.9 Å². The van der Waals surface area contributed by atoms with E-state index in [9.17, 15) is 9.59 Å². The molecule has 0 aliphatic rings. The molecule has 0 fully saturated rings. The summed E-state index contributed by atoms with van der Waals surface area (Å²) in [5.41, 5.74) is 2.34. The van der Waals surface area contributed by atoms with E-state index in [0.29, 0.717) is 11.8 Å². The van der Waals surface area contributed by atoms with Crippen LogP contribution in [-0.4, -0.2) is 26.5 Å². The number of carbonyl (C=O) groups is 1. The number of rotatable bonds is 5. The molecule has 0 spiro atoms.